The predicted molar refractivity (Wildman–Crippen MR) is 52.9 cm³/mol. The van der Waals surface area contributed by atoms with Gasteiger partial charge in [-0.2, -0.15) is 0 Å². The monoisotopic (exact) mass is 194 g/mol. The maximum Gasteiger partial charge on any atom is 0.160 e. The Morgan fingerprint density at radius 2 is 2.46 bits per heavy atom. The van der Waals surface area contributed by atoms with Crippen LogP contribution >= 0.6 is 11.3 Å². The number of rotatable bonds is 3. The van der Waals surface area contributed by atoms with Crippen molar-refractivity contribution < 1.29 is 9.90 Å². The van der Waals surface area contributed by atoms with Crippen molar-refractivity contribution in [1.82, 2.24) is 0 Å². The van der Waals surface area contributed by atoms with E-state index < -0.39 is 0 Å². The number of aldehydes is 1. The molecule has 13 heavy (non-hydrogen) atoms. The number of hydrogen-bond acceptors (Lipinski definition) is 3. The highest BCUT2D eigenvalue weighted by atomic mass is 32.1. The molecule has 0 unspecified atom stereocenters. The maximum atomic E-state index is 10.3. The fourth-order valence-corrected chi connectivity index (χ4v) is 1.45. The van der Waals surface area contributed by atoms with Crippen molar-refractivity contribution in [2.75, 3.05) is 6.61 Å². The van der Waals surface area contributed by atoms with Crippen LogP contribution in [0.4, 0.5) is 0 Å². The largest absolute Gasteiger partial charge is 0.396 e. The Balaban J connectivity index is 2.51. The maximum absolute atomic E-state index is 10.3. The van der Waals surface area contributed by atoms with E-state index in [0.717, 1.165) is 11.8 Å². The Morgan fingerprint density at radius 1 is 1.62 bits per heavy atom. The van der Waals surface area contributed by atoms with Gasteiger partial charge in [-0.1, -0.05) is 11.8 Å². The molecule has 0 spiro atoms. The van der Waals surface area contributed by atoms with Crippen LogP contribution < -0.4 is 0 Å². The molecule has 68 valence electrons. The van der Waals surface area contributed by atoms with E-state index in [0.29, 0.717) is 17.7 Å². The molecule has 0 atom stereocenters. The number of hydrogen-bond donors (Lipinski definition) is 1. The molecule has 0 saturated carbocycles. The zero-order valence-electron chi connectivity index (χ0n) is 7.12. The van der Waals surface area contributed by atoms with E-state index in [1.54, 1.807) is 6.07 Å². The second-order valence-corrected chi connectivity index (χ2v) is 3.43. The van der Waals surface area contributed by atoms with Crippen LogP contribution in [-0.2, 0) is 0 Å². The SMILES string of the molecule is O=Cc1cc(C#CCCCO)cs1. The van der Waals surface area contributed by atoms with Gasteiger partial charge in [0, 0.05) is 24.0 Å². The standard InChI is InChI=1S/C10H10O2S/c11-5-3-1-2-4-9-6-10(7-12)13-8-9/h6-8,11H,1,3,5H2. The summed E-state index contributed by atoms with van der Waals surface area (Å²) in [6.07, 6.45) is 2.23. The molecule has 0 aliphatic heterocycles. The molecule has 0 fully saturated rings. The van der Waals surface area contributed by atoms with Crippen LogP contribution in [0.1, 0.15) is 28.1 Å². The zero-order chi connectivity index (χ0) is 9.52. The minimum atomic E-state index is 0.178. The zero-order valence-corrected chi connectivity index (χ0v) is 7.93. The Hall–Kier alpha value is -1.11. The second kappa shape index (κ2) is 5.52. The van der Waals surface area contributed by atoms with Crippen LogP contribution in [0.2, 0.25) is 0 Å². The Bertz CT molecular complexity index is 330. The van der Waals surface area contributed by atoms with Gasteiger partial charge in [0.2, 0.25) is 0 Å². The summed E-state index contributed by atoms with van der Waals surface area (Å²) in [5.74, 6) is 5.85. The van der Waals surface area contributed by atoms with Crippen LogP contribution in [0.5, 0.6) is 0 Å². The number of unbranched alkanes of at least 4 members (excludes halogenated alkanes) is 1. The molecule has 0 radical (unpaired) electrons. The number of aliphatic hydroxyl groups is 1. The van der Waals surface area contributed by atoms with Gasteiger partial charge in [0.15, 0.2) is 6.29 Å². The molecule has 0 bridgehead atoms. The summed E-state index contributed by atoms with van der Waals surface area (Å²) in [5, 5.41) is 10.4. The van der Waals surface area contributed by atoms with Crippen molar-refractivity contribution in [2.45, 2.75) is 12.8 Å². The van der Waals surface area contributed by atoms with Gasteiger partial charge in [-0.25, -0.2) is 0 Å². The van der Waals surface area contributed by atoms with E-state index in [-0.39, 0.29) is 6.61 Å². The first-order valence-electron chi connectivity index (χ1n) is 4.00. The lowest BCUT2D eigenvalue weighted by atomic mass is 10.3. The minimum absolute atomic E-state index is 0.178. The van der Waals surface area contributed by atoms with Gasteiger partial charge in [-0.05, 0) is 12.5 Å². The summed E-state index contributed by atoms with van der Waals surface area (Å²) in [7, 11) is 0. The second-order valence-electron chi connectivity index (χ2n) is 2.48. The van der Waals surface area contributed by atoms with Crippen molar-refractivity contribution in [3.05, 3.63) is 21.9 Å². The molecule has 1 aromatic rings. The van der Waals surface area contributed by atoms with E-state index in [1.807, 2.05) is 5.38 Å². The van der Waals surface area contributed by atoms with E-state index in [2.05, 4.69) is 11.8 Å². The van der Waals surface area contributed by atoms with Crippen LogP contribution in [0.25, 0.3) is 0 Å². The first-order valence-corrected chi connectivity index (χ1v) is 4.88. The Kier molecular flexibility index (Phi) is 4.24. The van der Waals surface area contributed by atoms with Crippen molar-refractivity contribution in [3.63, 3.8) is 0 Å². The molecule has 1 rings (SSSR count). The smallest absolute Gasteiger partial charge is 0.160 e. The van der Waals surface area contributed by atoms with Crippen molar-refractivity contribution in [2.24, 2.45) is 0 Å². The normalized spacial score (nSPS) is 9.00. The van der Waals surface area contributed by atoms with E-state index in [4.69, 9.17) is 5.11 Å². The molecule has 1 aromatic heterocycles. The Morgan fingerprint density at radius 3 is 3.08 bits per heavy atom. The lowest BCUT2D eigenvalue weighted by Crippen LogP contribution is -1.78. The molecule has 0 aromatic carbocycles. The number of thiophene rings is 1. The molecule has 2 nitrogen and oxygen atoms in total. The highest BCUT2D eigenvalue weighted by molar-refractivity contribution is 7.11. The number of carbonyl (C=O) groups excluding carboxylic acids is 1. The number of carbonyl (C=O) groups is 1. The van der Waals surface area contributed by atoms with Gasteiger partial charge in [-0.3, -0.25) is 4.79 Å². The van der Waals surface area contributed by atoms with E-state index in [1.165, 1.54) is 11.3 Å². The lowest BCUT2D eigenvalue weighted by Gasteiger charge is -1.82. The molecule has 0 aliphatic rings. The van der Waals surface area contributed by atoms with Crippen molar-refractivity contribution in [3.8, 4) is 11.8 Å². The van der Waals surface area contributed by atoms with Gasteiger partial charge < -0.3 is 5.11 Å². The quantitative estimate of drug-likeness (QED) is 0.451. The molecule has 3 heteroatoms. The summed E-state index contributed by atoms with van der Waals surface area (Å²) in [4.78, 5) is 11.0. The average molecular weight is 194 g/mol. The van der Waals surface area contributed by atoms with Crippen molar-refractivity contribution in [1.29, 1.82) is 0 Å². The highest BCUT2D eigenvalue weighted by Gasteiger charge is 1.93. The van der Waals surface area contributed by atoms with E-state index >= 15 is 0 Å². The molecular weight excluding hydrogens is 184 g/mol. The van der Waals surface area contributed by atoms with Crippen LogP contribution in [0.3, 0.4) is 0 Å². The average Bonchev–Trinajstić information content (AvgIpc) is 2.60. The molecule has 0 aliphatic carbocycles. The topological polar surface area (TPSA) is 37.3 Å². The summed E-state index contributed by atoms with van der Waals surface area (Å²) in [6.45, 7) is 0.178. The van der Waals surface area contributed by atoms with Gasteiger partial charge in [0.1, 0.15) is 0 Å². The fourth-order valence-electron chi connectivity index (χ4n) is 0.812. The van der Waals surface area contributed by atoms with Crippen LogP contribution in [-0.4, -0.2) is 18.0 Å². The highest BCUT2D eigenvalue weighted by Crippen LogP contribution is 2.10. The third-order valence-electron chi connectivity index (χ3n) is 1.43. The third kappa shape index (κ3) is 3.41. The van der Waals surface area contributed by atoms with Gasteiger partial charge in [0.05, 0.1) is 4.88 Å². The summed E-state index contributed by atoms with van der Waals surface area (Å²) in [5.41, 5.74) is 0.880. The summed E-state index contributed by atoms with van der Waals surface area (Å²) in [6, 6.07) is 1.77. The Labute approximate surface area is 81.2 Å². The van der Waals surface area contributed by atoms with Crippen LogP contribution in [0, 0.1) is 11.8 Å². The number of aliphatic hydroxyl groups excluding tert-OH is 1. The van der Waals surface area contributed by atoms with E-state index in [9.17, 15) is 4.79 Å². The van der Waals surface area contributed by atoms with Gasteiger partial charge >= 0.3 is 0 Å². The first-order chi connectivity index (χ1) is 6.36. The first kappa shape index (κ1) is 9.97. The molecule has 0 amide bonds. The molecular formula is C10H10O2S. The fraction of sp³-hybridized carbons (Fsp3) is 0.300. The molecule has 1 heterocycles. The van der Waals surface area contributed by atoms with Crippen molar-refractivity contribution >= 4 is 17.6 Å². The third-order valence-corrected chi connectivity index (χ3v) is 2.29. The predicted octanol–water partition coefficient (Wildman–Crippen LogP) is 1.68. The lowest BCUT2D eigenvalue weighted by molar-refractivity contribution is 0.112. The minimum Gasteiger partial charge on any atom is -0.396 e. The summed E-state index contributed by atoms with van der Waals surface area (Å²) >= 11 is 1.39. The molecule has 1 N–H and O–H groups in total. The van der Waals surface area contributed by atoms with Gasteiger partial charge in [0.25, 0.3) is 0 Å². The summed E-state index contributed by atoms with van der Waals surface area (Å²) < 4.78 is 0. The molecule has 0 saturated heterocycles. The van der Waals surface area contributed by atoms with Crippen LogP contribution in [0.15, 0.2) is 11.4 Å². The van der Waals surface area contributed by atoms with Gasteiger partial charge in [-0.15, -0.1) is 11.3 Å².